The summed E-state index contributed by atoms with van der Waals surface area (Å²) in [5.74, 6) is -0.265. The molecule has 2 heterocycles. The van der Waals surface area contributed by atoms with Crippen molar-refractivity contribution < 1.29 is 4.79 Å². The quantitative estimate of drug-likeness (QED) is 0.796. The van der Waals surface area contributed by atoms with Crippen LogP contribution in [0.3, 0.4) is 0 Å². The van der Waals surface area contributed by atoms with Gasteiger partial charge in [0, 0.05) is 19.2 Å². The lowest BCUT2D eigenvalue weighted by atomic mass is 10.1. The number of hydrogen-bond acceptors (Lipinski definition) is 5. The summed E-state index contributed by atoms with van der Waals surface area (Å²) < 4.78 is 0. The van der Waals surface area contributed by atoms with E-state index in [1.165, 1.54) is 0 Å². The summed E-state index contributed by atoms with van der Waals surface area (Å²) in [6.07, 6.45) is 3.17. The van der Waals surface area contributed by atoms with Gasteiger partial charge in [-0.05, 0) is 32.4 Å². The summed E-state index contributed by atoms with van der Waals surface area (Å²) in [4.78, 5) is 11.7. The molecule has 1 saturated heterocycles. The van der Waals surface area contributed by atoms with Crippen molar-refractivity contribution in [2.45, 2.75) is 39.2 Å². The number of nitrogens with one attached hydrogen (secondary N) is 3. The SMILES string of the molecule is CC.CNC(=O)c1nnc(Cl)cc1NC1CCCNCC1. The van der Waals surface area contributed by atoms with Gasteiger partial charge in [0.15, 0.2) is 10.8 Å². The Bertz CT molecular complexity index is 447. The van der Waals surface area contributed by atoms with E-state index < -0.39 is 0 Å². The minimum absolute atomic E-state index is 0.265. The molecular weight excluding hydrogens is 290 g/mol. The molecule has 7 heteroatoms. The average Bonchev–Trinajstić information content (AvgIpc) is 2.77. The van der Waals surface area contributed by atoms with Crippen molar-refractivity contribution in [3.63, 3.8) is 0 Å². The second-order valence-electron chi connectivity index (χ2n) is 4.53. The number of amides is 1. The van der Waals surface area contributed by atoms with Gasteiger partial charge in [0.05, 0.1) is 5.69 Å². The molecule has 21 heavy (non-hydrogen) atoms. The molecule has 0 aromatic carbocycles. The number of halogens is 1. The maximum atomic E-state index is 11.7. The standard InChI is InChI=1S/C12H18ClN5O.C2H6/c1-14-12(19)11-9(7-10(13)17-18-11)16-8-3-2-5-15-6-4-8;1-2/h7-8,15H,2-6H2,1H3,(H,14,19)(H,16,17);1-2H3. The number of rotatable bonds is 3. The van der Waals surface area contributed by atoms with Crippen molar-refractivity contribution >= 4 is 23.2 Å². The molecule has 1 aliphatic rings. The molecule has 1 aromatic rings. The maximum Gasteiger partial charge on any atom is 0.273 e. The molecule has 2 rings (SSSR count). The Balaban J connectivity index is 0.00000106. The molecule has 1 aromatic heterocycles. The smallest absolute Gasteiger partial charge is 0.273 e. The van der Waals surface area contributed by atoms with E-state index >= 15 is 0 Å². The van der Waals surface area contributed by atoms with Gasteiger partial charge in [-0.1, -0.05) is 25.4 Å². The number of carbonyl (C=O) groups excluding carboxylic acids is 1. The molecule has 1 atom stereocenters. The average molecular weight is 314 g/mol. The van der Waals surface area contributed by atoms with Crippen LogP contribution in [0, 0.1) is 0 Å². The molecule has 0 radical (unpaired) electrons. The van der Waals surface area contributed by atoms with Gasteiger partial charge in [0.25, 0.3) is 5.91 Å². The summed E-state index contributed by atoms with van der Waals surface area (Å²) in [6, 6.07) is 1.97. The lowest BCUT2D eigenvalue weighted by Gasteiger charge is -2.18. The van der Waals surface area contributed by atoms with Crippen LogP contribution in [0.5, 0.6) is 0 Å². The topological polar surface area (TPSA) is 78.9 Å². The molecule has 118 valence electrons. The third-order valence-electron chi connectivity index (χ3n) is 3.14. The fourth-order valence-electron chi connectivity index (χ4n) is 2.15. The lowest BCUT2D eigenvalue weighted by Crippen LogP contribution is -2.26. The van der Waals surface area contributed by atoms with Gasteiger partial charge >= 0.3 is 0 Å². The highest BCUT2D eigenvalue weighted by Crippen LogP contribution is 2.20. The van der Waals surface area contributed by atoms with Crippen LogP contribution in [-0.2, 0) is 0 Å². The van der Waals surface area contributed by atoms with Gasteiger partial charge in [0.1, 0.15) is 0 Å². The van der Waals surface area contributed by atoms with Crippen molar-refractivity contribution in [3.8, 4) is 0 Å². The normalized spacial score (nSPS) is 18.0. The summed E-state index contributed by atoms with van der Waals surface area (Å²) in [7, 11) is 1.57. The van der Waals surface area contributed by atoms with Gasteiger partial charge in [-0.15, -0.1) is 10.2 Å². The monoisotopic (exact) mass is 313 g/mol. The highest BCUT2D eigenvalue weighted by atomic mass is 35.5. The van der Waals surface area contributed by atoms with Crippen molar-refractivity contribution in [1.29, 1.82) is 0 Å². The molecule has 0 aliphatic carbocycles. The summed E-state index contributed by atoms with van der Waals surface area (Å²) >= 11 is 5.86. The van der Waals surface area contributed by atoms with Crippen LogP contribution in [0.15, 0.2) is 6.07 Å². The molecule has 0 bridgehead atoms. The molecular formula is C14H24ClN5O. The van der Waals surface area contributed by atoms with Crippen molar-refractivity contribution in [1.82, 2.24) is 20.8 Å². The van der Waals surface area contributed by atoms with E-state index in [0.717, 1.165) is 32.4 Å². The Morgan fingerprint density at radius 1 is 1.33 bits per heavy atom. The largest absolute Gasteiger partial charge is 0.380 e. The van der Waals surface area contributed by atoms with Gasteiger partial charge in [-0.2, -0.15) is 0 Å². The predicted molar refractivity (Wildman–Crippen MR) is 85.9 cm³/mol. The number of hydrogen-bond donors (Lipinski definition) is 3. The van der Waals surface area contributed by atoms with Crippen LogP contribution in [-0.4, -0.2) is 42.3 Å². The second kappa shape index (κ2) is 9.52. The van der Waals surface area contributed by atoms with E-state index in [4.69, 9.17) is 11.6 Å². The van der Waals surface area contributed by atoms with E-state index in [1.54, 1.807) is 13.1 Å². The molecule has 1 aliphatic heterocycles. The zero-order chi connectivity index (χ0) is 15.7. The number of carbonyl (C=O) groups is 1. The molecule has 0 saturated carbocycles. The van der Waals surface area contributed by atoms with Gasteiger partial charge in [0.2, 0.25) is 0 Å². The van der Waals surface area contributed by atoms with Crippen LogP contribution >= 0.6 is 11.6 Å². The molecule has 1 amide bonds. The highest BCUT2D eigenvalue weighted by Gasteiger charge is 2.18. The Morgan fingerprint density at radius 2 is 2.10 bits per heavy atom. The Labute approximate surface area is 131 Å². The molecule has 1 fully saturated rings. The molecule has 0 spiro atoms. The number of anilines is 1. The maximum absolute atomic E-state index is 11.7. The van der Waals surface area contributed by atoms with E-state index in [1.807, 2.05) is 13.8 Å². The van der Waals surface area contributed by atoms with Crippen LogP contribution in [0.4, 0.5) is 5.69 Å². The molecule has 1 unspecified atom stereocenters. The zero-order valence-electron chi connectivity index (χ0n) is 12.9. The van der Waals surface area contributed by atoms with Crippen LogP contribution in [0.2, 0.25) is 5.15 Å². The van der Waals surface area contributed by atoms with Gasteiger partial charge in [-0.25, -0.2) is 0 Å². The minimum Gasteiger partial charge on any atom is -0.380 e. The van der Waals surface area contributed by atoms with Crippen LogP contribution in [0.1, 0.15) is 43.6 Å². The summed E-state index contributed by atoms with van der Waals surface area (Å²) in [5, 5.41) is 17.1. The lowest BCUT2D eigenvalue weighted by molar-refractivity contribution is 0.0958. The first-order chi connectivity index (χ1) is 10.2. The summed E-state index contributed by atoms with van der Waals surface area (Å²) in [5.41, 5.74) is 0.926. The second-order valence-corrected chi connectivity index (χ2v) is 4.92. The van der Waals surface area contributed by atoms with Crippen molar-refractivity contribution in [2.24, 2.45) is 0 Å². The molecule has 3 N–H and O–H groups in total. The first-order valence-electron chi connectivity index (χ1n) is 7.43. The highest BCUT2D eigenvalue weighted by molar-refractivity contribution is 6.29. The van der Waals surface area contributed by atoms with E-state index in [0.29, 0.717) is 11.7 Å². The zero-order valence-corrected chi connectivity index (χ0v) is 13.6. The number of aromatic nitrogens is 2. The van der Waals surface area contributed by atoms with Gasteiger partial charge in [-0.3, -0.25) is 4.79 Å². The predicted octanol–water partition coefficient (Wildman–Crippen LogP) is 2.07. The third-order valence-corrected chi connectivity index (χ3v) is 3.33. The summed E-state index contributed by atoms with van der Waals surface area (Å²) in [6.45, 7) is 6.01. The first kappa shape index (κ1) is 17.7. The Kier molecular flexibility index (Phi) is 8.00. The Morgan fingerprint density at radius 3 is 2.81 bits per heavy atom. The number of nitrogens with zero attached hydrogens (tertiary/aromatic N) is 2. The van der Waals surface area contributed by atoms with Crippen LogP contribution < -0.4 is 16.0 Å². The van der Waals surface area contributed by atoms with Crippen LogP contribution in [0.25, 0.3) is 0 Å². The first-order valence-corrected chi connectivity index (χ1v) is 7.81. The fraction of sp³-hybridized carbons (Fsp3) is 0.643. The van der Waals surface area contributed by atoms with E-state index in [2.05, 4.69) is 26.1 Å². The van der Waals surface area contributed by atoms with Crippen molar-refractivity contribution in [2.75, 3.05) is 25.5 Å². The third kappa shape index (κ3) is 5.47. The van der Waals surface area contributed by atoms with E-state index in [-0.39, 0.29) is 16.8 Å². The van der Waals surface area contributed by atoms with E-state index in [9.17, 15) is 4.79 Å². The van der Waals surface area contributed by atoms with Crippen molar-refractivity contribution in [3.05, 3.63) is 16.9 Å². The molecule has 6 nitrogen and oxygen atoms in total. The Hall–Kier alpha value is -1.40. The van der Waals surface area contributed by atoms with Gasteiger partial charge < -0.3 is 16.0 Å². The minimum atomic E-state index is -0.265. The fourth-order valence-corrected chi connectivity index (χ4v) is 2.29.